The van der Waals surface area contributed by atoms with Crippen LogP contribution < -0.4 is 0 Å². The molecule has 0 bridgehead atoms. The summed E-state index contributed by atoms with van der Waals surface area (Å²) in [6.07, 6.45) is 7.04. The van der Waals surface area contributed by atoms with Crippen molar-refractivity contribution in [3.8, 4) is 0 Å². The topological polar surface area (TPSA) is 12.5 Å². The van der Waals surface area contributed by atoms with Crippen molar-refractivity contribution in [2.24, 2.45) is 0 Å². The molecule has 0 fully saturated rings. The van der Waals surface area contributed by atoms with Crippen molar-refractivity contribution in [2.45, 2.75) is 52.7 Å². The van der Waals surface area contributed by atoms with E-state index in [2.05, 4.69) is 32.3 Å². The first-order valence-electron chi connectivity index (χ1n) is 6.22. The van der Waals surface area contributed by atoms with Gasteiger partial charge in [-0.25, -0.2) is 0 Å². The SMILES string of the molecule is C=CCOC(C)N(CCCC)CCCC. The summed E-state index contributed by atoms with van der Waals surface area (Å²) in [5.41, 5.74) is 0. The molecule has 0 aliphatic rings. The maximum atomic E-state index is 5.66. The molecule has 90 valence electrons. The monoisotopic (exact) mass is 213 g/mol. The molecular weight excluding hydrogens is 186 g/mol. The molecule has 0 N–H and O–H groups in total. The van der Waals surface area contributed by atoms with Crippen LogP contribution in [-0.2, 0) is 4.74 Å². The number of ether oxygens (including phenoxy) is 1. The number of rotatable bonds is 10. The predicted molar refractivity (Wildman–Crippen MR) is 67.0 cm³/mol. The minimum atomic E-state index is 0.223. The summed E-state index contributed by atoms with van der Waals surface area (Å²) in [4.78, 5) is 2.43. The van der Waals surface area contributed by atoms with Crippen LogP contribution in [0, 0.1) is 0 Å². The summed E-state index contributed by atoms with van der Waals surface area (Å²) < 4.78 is 5.66. The fraction of sp³-hybridized carbons (Fsp3) is 0.846. The van der Waals surface area contributed by atoms with E-state index in [1.54, 1.807) is 0 Å². The average Bonchev–Trinajstić information content (AvgIpc) is 2.26. The number of nitrogens with zero attached hydrogens (tertiary/aromatic N) is 1. The fourth-order valence-electron chi connectivity index (χ4n) is 1.51. The number of hydrogen-bond donors (Lipinski definition) is 0. The molecule has 0 heterocycles. The minimum absolute atomic E-state index is 0.223. The first kappa shape index (κ1) is 14.7. The van der Waals surface area contributed by atoms with Gasteiger partial charge < -0.3 is 4.74 Å². The molecule has 0 aromatic heterocycles. The van der Waals surface area contributed by atoms with Crippen LogP contribution in [0.15, 0.2) is 12.7 Å². The summed E-state index contributed by atoms with van der Waals surface area (Å²) in [6.45, 7) is 13.2. The van der Waals surface area contributed by atoms with Crippen LogP contribution in [0.5, 0.6) is 0 Å². The van der Waals surface area contributed by atoms with Gasteiger partial charge in [0.1, 0.15) is 6.23 Å². The van der Waals surface area contributed by atoms with Gasteiger partial charge in [0.05, 0.1) is 6.61 Å². The Morgan fingerprint density at radius 1 is 1.20 bits per heavy atom. The molecule has 0 amide bonds. The Bertz CT molecular complexity index is 139. The molecule has 15 heavy (non-hydrogen) atoms. The van der Waals surface area contributed by atoms with Crippen molar-refractivity contribution in [3.05, 3.63) is 12.7 Å². The number of hydrogen-bond acceptors (Lipinski definition) is 2. The Morgan fingerprint density at radius 3 is 2.13 bits per heavy atom. The zero-order chi connectivity index (χ0) is 11.5. The summed E-state index contributed by atoms with van der Waals surface area (Å²) >= 11 is 0. The highest BCUT2D eigenvalue weighted by Gasteiger charge is 2.11. The Morgan fingerprint density at radius 2 is 1.73 bits per heavy atom. The van der Waals surface area contributed by atoms with E-state index in [4.69, 9.17) is 4.74 Å². The molecule has 0 aromatic carbocycles. The van der Waals surface area contributed by atoms with Gasteiger partial charge in [-0.1, -0.05) is 32.8 Å². The Kier molecular flexibility index (Phi) is 9.96. The summed E-state index contributed by atoms with van der Waals surface area (Å²) in [7, 11) is 0. The zero-order valence-corrected chi connectivity index (χ0v) is 10.7. The van der Waals surface area contributed by atoms with Crippen LogP contribution in [0.2, 0.25) is 0 Å². The molecule has 0 saturated carbocycles. The van der Waals surface area contributed by atoms with Gasteiger partial charge in [0, 0.05) is 13.1 Å². The van der Waals surface area contributed by atoms with Gasteiger partial charge in [-0.2, -0.15) is 0 Å². The highest BCUT2D eigenvalue weighted by Crippen LogP contribution is 2.06. The molecule has 1 unspecified atom stereocenters. The van der Waals surface area contributed by atoms with E-state index in [0.717, 1.165) is 13.1 Å². The molecule has 0 rings (SSSR count). The maximum absolute atomic E-state index is 5.66. The normalized spacial score (nSPS) is 13.1. The second kappa shape index (κ2) is 10.2. The first-order valence-corrected chi connectivity index (χ1v) is 6.22. The van der Waals surface area contributed by atoms with Gasteiger partial charge in [-0.05, 0) is 19.8 Å². The molecule has 0 spiro atoms. The zero-order valence-electron chi connectivity index (χ0n) is 10.7. The van der Waals surface area contributed by atoms with E-state index < -0.39 is 0 Å². The smallest absolute Gasteiger partial charge is 0.108 e. The van der Waals surface area contributed by atoms with Crippen molar-refractivity contribution in [2.75, 3.05) is 19.7 Å². The van der Waals surface area contributed by atoms with Crippen LogP contribution in [0.1, 0.15) is 46.5 Å². The van der Waals surface area contributed by atoms with E-state index in [1.807, 2.05) is 6.08 Å². The van der Waals surface area contributed by atoms with Gasteiger partial charge >= 0.3 is 0 Å². The number of unbranched alkanes of at least 4 members (excludes halogenated alkanes) is 2. The van der Waals surface area contributed by atoms with Gasteiger partial charge in [0.15, 0.2) is 0 Å². The molecule has 0 radical (unpaired) electrons. The van der Waals surface area contributed by atoms with Crippen LogP contribution in [0.4, 0.5) is 0 Å². The third kappa shape index (κ3) is 7.57. The predicted octanol–water partition coefficient (Wildman–Crippen LogP) is 3.44. The summed E-state index contributed by atoms with van der Waals surface area (Å²) in [5.74, 6) is 0. The minimum Gasteiger partial charge on any atom is -0.359 e. The van der Waals surface area contributed by atoms with Crippen LogP contribution in [-0.4, -0.2) is 30.8 Å². The average molecular weight is 213 g/mol. The lowest BCUT2D eigenvalue weighted by molar-refractivity contribution is -0.0364. The Hall–Kier alpha value is -0.340. The van der Waals surface area contributed by atoms with E-state index in [-0.39, 0.29) is 6.23 Å². The molecule has 2 nitrogen and oxygen atoms in total. The fourth-order valence-corrected chi connectivity index (χ4v) is 1.51. The van der Waals surface area contributed by atoms with Gasteiger partial charge in [-0.15, -0.1) is 6.58 Å². The molecule has 0 saturated heterocycles. The van der Waals surface area contributed by atoms with Gasteiger partial charge in [0.2, 0.25) is 0 Å². The van der Waals surface area contributed by atoms with Crippen molar-refractivity contribution in [1.82, 2.24) is 4.90 Å². The molecule has 0 aromatic rings. The third-order valence-electron chi connectivity index (χ3n) is 2.57. The van der Waals surface area contributed by atoms with Crippen molar-refractivity contribution in [1.29, 1.82) is 0 Å². The summed E-state index contributed by atoms with van der Waals surface area (Å²) in [5, 5.41) is 0. The summed E-state index contributed by atoms with van der Waals surface area (Å²) in [6, 6.07) is 0. The quantitative estimate of drug-likeness (QED) is 0.407. The standard InChI is InChI=1S/C13H27NO/c1-5-8-10-14(11-9-6-2)13(4)15-12-7-3/h7,13H,3,5-6,8-12H2,1-2,4H3. The third-order valence-corrected chi connectivity index (χ3v) is 2.57. The van der Waals surface area contributed by atoms with E-state index in [9.17, 15) is 0 Å². The maximum Gasteiger partial charge on any atom is 0.108 e. The molecule has 1 atom stereocenters. The lowest BCUT2D eigenvalue weighted by Gasteiger charge is -2.28. The molecule has 0 aliphatic carbocycles. The van der Waals surface area contributed by atoms with Crippen LogP contribution in [0.3, 0.4) is 0 Å². The van der Waals surface area contributed by atoms with Crippen LogP contribution in [0.25, 0.3) is 0 Å². The molecule has 0 aliphatic heterocycles. The highest BCUT2D eigenvalue weighted by molar-refractivity contribution is 4.66. The van der Waals surface area contributed by atoms with E-state index in [0.29, 0.717) is 6.61 Å². The Balaban J connectivity index is 3.89. The lowest BCUT2D eigenvalue weighted by atomic mass is 10.2. The van der Waals surface area contributed by atoms with Gasteiger partial charge in [0.25, 0.3) is 0 Å². The highest BCUT2D eigenvalue weighted by atomic mass is 16.5. The van der Waals surface area contributed by atoms with E-state index in [1.165, 1.54) is 25.7 Å². The van der Waals surface area contributed by atoms with E-state index >= 15 is 0 Å². The second-order valence-corrected chi connectivity index (χ2v) is 3.96. The lowest BCUT2D eigenvalue weighted by Crippen LogP contribution is -2.36. The largest absolute Gasteiger partial charge is 0.359 e. The Labute approximate surface area is 95.3 Å². The van der Waals surface area contributed by atoms with Crippen LogP contribution >= 0.6 is 0 Å². The first-order chi connectivity index (χ1) is 7.26. The van der Waals surface area contributed by atoms with Crippen molar-refractivity contribution >= 4 is 0 Å². The van der Waals surface area contributed by atoms with Gasteiger partial charge in [-0.3, -0.25) is 4.90 Å². The molecular formula is C13H27NO. The molecule has 2 heteroatoms. The van der Waals surface area contributed by atoms with Crippen molar-refractivity contribution in [3.63, 3.8) is 0 Å². The van der Waals surface area contributed by atoms with Crippen molar-refractivity contribution < 1.29 is 4.74 Å². The second-order valence-electron chi connectivity index (χ2n) is 3.96.